The monoisotopic (exact) mass is 352 g/mol. The van der Waals surface area contributed by atoms with E-state index >= 15 is 0 Å². The summed E-state index contributed by atoms with van der Waals surface area (Å²) in [4.78, 5) is 10.1. The van der Waals surface area contributed by atoms with E-state index < -0.39 is 0 Å². The average molecular weight is 353 g/mol. The van der Waals surface area contributed by atoms with Crippen LogP contribution in [0.25, 0.3) is 10.9 Å². The Kier molecular flexibility index (Phi) is 5.34. The van der Waals surface area contributed by atoms with Gasteiger partial charge in [0, 0.05) is 42.0 Å². The molecule has 0 saturated heterocycles. The van der Waals surface area contributed by atoms with Crippen molar-refractivity contribution >= 4 is 28.2 Å². The van der Waals surface area contributed by atoms with E-state index in [1.807, 2.05) is 24.4 Å². The van der Waals surface area contributed by atoms with E-state index in [1.54, 1.807) is 18.4 Å². The van der Waals surface area contributed by atoms with Crippen molar-refractivity contribution in [1.29, 1.82) is 0 Å². The lowest BCUT2D eigenvalue weighted by molar-refractivity contribution is 0.518. The third-order valence-corrected chi connectivity index (χ3v) is 5.53. The maximum Gasteiger partial charge on any atom is 0.191 e. The molecule has 5 heteroatoms. The van der Waals surface area contributed by atoms with E-state index in [0.717, 1.165) is 18.0 Å². The Bertz CT molecular complexity index is 848. The highest BCUT2D eigenvalue weighted by Gasteiger charge is 2.21. The molecule has 0 aliphatic rings. The van der Waals surface area contributed by atoms with Crippen LogP contribution in [0.1, 0.15) is 24.3 Å². The summed E-state index contributed by atoms with van der Waals surface area (Å²) in [5.74, 6) is 0.811. The lowest BCUT2D eigenvalue weighted by Crippen LogP contribution is -2.42. The number of thiophene rings is 1. The van der Waals surface area contributed by atoms with E-state index in [-0.39, 0.29) is 5.41 Å². The number of nitrogens with one attached hydrogen (secondary N) is 2. The smallest absolute Gasteiger partial charge is 0.191 e. The van der Waals surface area contributed by atoms with Crippen LogP contribution >= 0.6 is 11.3 Å². The van der Waals surface area contributed by atoms with Gasteiger partial charge >= 0.3 is 0 Å². The van der Waals surface area contributed by atoms with Crippen LogP contribution in [0.15, 0.2) is 59.0 Å². The molecule has 3 aromatic rings. The van der Waals surface area contributed by atoms with Gasteiger partial charge in [-0.05, 0) is 29.1 Å². The van der Waals surface area contributed by atoms with Gasteiger partial charge in [0.15, 0.2) is 5.96 Å². The number of rotatable bonds is 5. The van der Waals surface area contributed by atoms with Crippen molar-refractivity contribution < 1.29 is 0 Å². The third-order valence-electron chi connectivity index (χ3n) is 4.30. The molecule has 0 fully saturated rings. The Morgan fingerprint density at radius 1 is 1.12 bits per heavy atom. The van der Waals surface area contributed by atoms with Crippen molar-refractivity contribution in [2.45, 2.75) is 25.8 Å². The standard InChI is InChI=1S/C20H24N4S/c1-20(2,18-9-6-12-25-18)14-24-19(21-3)23-13-15-10-11-22-17-8-5-4-7-16(15)17/h4-12H,13-14H2,1-3H3,(H2,21,23,24). The van der Waals surface area contributed by atoms with Gasteiger partial charge < -0.3 is 10.6 Å². The molecule has 0 aliphatic heterocycles. The minimum atomic E-state index is 0.0646. The molecule has 2 heterocycles. The molecular weight excluding hydrogens is 328 g/mol. The summed E-state index contributed by atoms with van der Waals surface area (Å²) < 4.78 is 0. The van der Waals surface area contributed by atoms with Crippen molar-refractivity contribution in [1.82, 2.24) is 15.6 Å². The van der Waals surface area contributed by atoms with Crippen molar-refractivity contribution in [3.05, 3.63) is 64.5 Å². The van der Waals surface area contributed by atoms with Crippen molar-refractivity contribution in [2.75, 3.05) is 13.6 Å². The topological polar surface area (TPSA) is 49.3 Å². The summed E-state index contributed by atoms with van der Waals surface area (Å²) >= 11 is 1.79. The zero-order chi connectivity index (χ0) is 17.7. The van der Waals surface area contributed by atoms with Gasteiger partial charge in [-0.2, -0.15) is 0 Å². The Hall–Kier alpha value is -2.40. The van der Waals surface area contributed by atoms with Gasteiger partial charge in [0.05, 0.1) is 5.52 Å². The van der Waals surface area contributed by atoms with Crippen LogP contribution in [0.4, 0.5) is 0 Å². The Labute approximate surface area is 153 Å². The summed E-state index contributed by atoms with van der Waals surface area (Å²) in [7, 11) is 1.80. The van der Waals surface area contributed by atoms with Crippen LogP contribution in [0, 0.1) is 0 Å². The average Bonchev–Trinajstić information content (AvgIpc) is 3.17. The van der Waals surface area contributed by atoms with Gasteiger partial charge in [-0.15, -0.1) is 11.3 Å². The lowest BCUT2D eigenvalue weighted by Gasteiger charge is -2.25. The predicted molar refractivity (Wildman–Crippen MR) is 107 cm³/mol. The first kappa shape index (κ1) is 17.4. The summed E-state index contributed by atoms with van der Waals surface area (Å²) in [6.45, 7) is 6.03. The molecular formula is C20H24N4S. The third kappa shape index (κ3) is 4.17. The highest BCUT2D eigenvalue weighted by Crippen LogP contribution is 2.26. The Morgan fingerprint density at radius 2 is 1.96 bits per heavy atom. The van der Waals surface area contributed by atoms with Crippen LogP contribution in [-0.2, 0) is 12.0 Å². The Balaban J connectivity index is 1.63. The van der Waals surface area contributed by atoms with Crippen LogP contribution < -0.4 is 10.6 Å². The molecule has 0 amide bonds. The number of benzene rings is 1. The maximum atomic E-state index is 4.41. The van der Waals surface area contributed by atoms with E-state index in [9.17, 15) is 0 Å². The fourth-order valence-corrected chi connectivity index (χ4v) is 3.62. The fourth-order valence-electron chi connectivity index (χ4n) is 2.76. The number of aliphatic imine (C=N–C) groups is 1. The van der Waals surface area contributed by atoms with Gasteiger partial charge in [-0.1, -0.05) is 38.1 Å². The molecule has 130 valence electrons. The van der Waals surface area contributed by atoms with E-state index in [4.69, 9.17) is 0 Å². The molecule has 3 rings (SSSR count). The van der Waals surface area contributed by atoms with E-state index in [0.29, 0.717) is 6.54 Å². The van der Waals surface area contributed by atoms with Crippen LogP contribution in [-0.4, -0.2) is 24.5 Å². The van der Waals surface area contributed by atoms with Crippen molar-refractivity contribution in [2.24, 2.45) is 4.99 Å². The first-order valence-electron chi connectivity index (χ1n) is 8.41. The number of pyridine rings is 1. The zero-order valence-corrected chi connectivity index (χ0v) is 15.7. The molecule has 0 unspecified atom stereocenters. The molecule has 25 heavy (non-hydrogen) atoms. The molecule has 0 saturated carbocycles. The van der Waals surface area contributed by atoms with Gasteiger partial charge in [-0.25, -0.2) is 0 Å². The minimum absolute atomic E-state index is 0.0646. The zero-order valence-electron chi connectivity index (χ0n) is 14.9. The second-order valence-electron chi connectivity index (χ2n) is 6.63. The minimum Gasteiger partial charge on any atom is -0.356 e. The first-order valence-corrected chi connectivity index (χ1v) is 9.29. The Morgan fingerprint density at radius 3 is 2.72 bits per heavy atom. The van der Waals surface area contributed by atoms with Gasteiger partial charge in [-0.3, -0.25) is 9.98 Å². The number of aromatic nitrogens is 1. The largest absolute Gasteiger partial charge is 0.356 e. The summed E-state index contributed by atoms with van der Waals surface area (Å²) in [6, 6.07) is 14.5. The quantitative estimate of drug-likeness (QED) is 0.540. The number of nitrogens with zero attached hydrogens (tertiary/aromatic N) is 2. The molecule has 2 aromatic heterocycles. The van der Waals surface area contributed by atoms with Gasteiger partial charge in [0.2, 0.25) is 0 Å². The maximum absolute atomic E-state index is 4.41. The molecule has 1 aromatic carbocycles. The van der Waals surface area contributed by atoms with Crippen LogP contribution in [0.3, 0.4) is 0 Å². The number of hydrogen-bond donors (Lipinski definition) is 2. The lowest BCUT2D eigenvalue weighted by atomic mass is 9.91. The first-order chi connectivity index (χ1) is 12.1. The van der Waals surface area contributed by atoms with Crippen LogP contribution in [0.5, 0.6) is 0 Å². The molecule has 2 N–H and O–H groups in total. The fraction of sp³-hybridized carbons (Fsp3) is 0.300. The number of fused-ring (bicyclic) bond motifs is 1. The highest BCUT2D eigenvalue weighted by molar-refractivity contribution is 7.10. The highest BCUT2D eigenvalue weighted by atomic mass is 32.1. The molecule has 0 spiro atoms. The molecule has 0 radical (unpaired) electrons. The summed E-state index contributed by atoms with van der Waals surface area (Å²) in [6.07, 6.45) is 1.86. The van der Waals surface area contributed by atoms with Crippen molar-refractivity contribution in [3.63, 3.8) is 0 Å². The second kappa shape index (κ2) is 7.66. The summed E-state index contributed by atoms with van der Waals surface area (Å²) in [5.41, 5.74) is 2.30. The van der Waals surface area contributed by atoms with Crippen LogP contribution in [0.2, 0.25) is 0 Å². The predicted octanol–water partition coefficient (Wildman–Crippen LogP) is 3.94. The molecule has 4 nitrogen and oxygen atoms in total. The van der Waals surface area contributed by atoms with Crippen molar-refractivity contribution in [3.8, 4) is 0 Å². The second-order valence-corrected chi connectivity index (χ2v) is 7.58. The SMILES string of the molecule is CN=C(NCc1ccnc2ccccc12)NCC(C)(C)c1cccs1. The molecule has 0 bridgehead atoms. The number of guanidine groups is 1. The normalized spacial score (nSPS) is 12.4. The van der Waals surface area contributed by atoms with E-state index in [1.165, 1.54) is 15.8 Å². The summed E-state index contributed by atoms with van der Waals surface area (Å²) in [5, 5.41) is 10.2. The van der Waals surface area contributed by atoms with E-state index in [2.05, 4.69) is 64.1 Å². The molecule has 0 atom stereocenters. The number of para-hydroxylation sites is 1. The number of hydrogen-bond acceptors (Lipinski definition) is 3. The van der Waals surface area contributed by atoms with Gasteiger partial charge in [0.25, 0.3) is 0 Å². The van der Waals surface area contributed by atoms with Gasteiger partial charge in [0.1, 0.15) is 0 Å². The molecule has 0 aliphatic carbocycles.